The van der Waals surface area contributed by atoms with Crippen molar-refractivity contribution in [3.8, 4) is 0 Å². The lowest BCUT2D eigenvalue weighted by atomic mass is 9.37. The van der Waals surface area contributed by atoms with E-state index in [0.29, 0.717) is 39.4 Å². The van der Waals surface area contributed by atoms with Gasteiger partial charge in [-0.3, -0.25) is 0 Å². The van der Waals surface area contributed by atoms with E-state index in [1.807, 2.05) is 0 Å². The van der Waals surface area contributed by atoms with Crippen LogP contribution in [-0.4, -0.2) is 11.2 Å². The van der Waals surface area contributed by atoms with Crippen LogP contribution in [0.15, 0.2) is 11.6 Å². The molecule has 1 N–H and O–H groups in total. The van der Waals surface area contributed by atoms with Crippen molar-refractivity contribution in [2.45, 2.75) is 126 Å². The Morgan fingerprint density at radius 1 is 0.938 bits per heavy atom. The fraction of sp³-hybridized carbons (Fsp3) is 0.935. The van der Waals surface area contributed by atoms with Crippen LogP contribution in [0.1, 0.15) is 120 Å². The van der Waals surface area contributed by atoms with Crippen LogP contribution in [0.4, 0.5) is 0 Å². The molecule has 0 spiro atoms. The molecule has 1 heteroatoms. The highest BCUT2D eigenvalue weighted by atomic mass is 16.3. The second kappa shape index (κ2) is 8.13. The van der Waals surface area contributed by atoms with Crippen molar-refractivity contribution in [2.24, 2.45) is 57.2 Å². The summed E-state index contributed by atoms with van der Waals surface area (Å²) < 4.78 is 0. The number of allylic oxidation sites excluding steroid dienone is 2. The molecule has 4 saturated carbocycles. The summed E-state index contributed by atoms with van der Waals surface area (Å²) >= 11 is 0. The van der Waals surface area contributed by atoms with Gasteiger partial charge in [-0.1, -0.05) is 60.1 Å². The largest absolute Gasteiger partial charge is 0.393 e. The highest BCUT2D eigenvalue weighted by Crippen LogP contribution is 2.72. The Bertz CT molecular complexity index is 727. The number of hydrogen-bond acceptors (Lipinski definition) is 1. The van der Waals surface area contributed by atoms with Gasteiger partial charge in [0.15, 0.2) is 0 Å². The summed E-state index contributed by atoms with van der Waals surface area (Å²) in [6.45, 7) is 22.4. The summed E-state index contributed by atoms with van der Waals surface area (Å²) in [6, 6.07) is 0. The van der Waals surface area contributed by atoms with Gasteiger partial charge in [0, 0.05) is 0 Å². The van der Waals surface area contributed by atoms with E-state index in [1.165, 1.54) is 56.9 Å². The van der Waals surface area contributed by atoms with Crippen molar-refractivity contribution in [3.63, 3.8) is 0 Å². The van der Waals surface area contributed by atoms with E-state index in [4.69, 9.17) is 0 Å². The molecule has 0 aromatic carbocycles. The quantitative estimate of drug-likeness (QED) is 0.432. The maximum Gasteiger partial charge on any atom is 0.0577 e. The Labute approximate surface area is 200 Å². The molecule has 0 heterocycles. The zero-order chi connectivity index (χ0) is 23.7. The van der Waals surface area contributed by atoms with Crippen LogP contribution in [0.5, 0.6) is 0 Å². The first-order valence-electron chi connectivity index (χ1n) is 14.1. The molecule has 0 bridgehead atoms. The molecule has 4 fully saturated rings. The third-order valence-electron chi connectivity index (χ3n) is 12.5. The summed E-state index contributed by atoms with van der Waals surface area (Å²) in [5.41, 5.74) is 3.02. The highest BCUT2D eigenvalue weighted by molar-refractivity contribution is 5.15. The smallest absolute Gasteiger partial charge is 0.0577 e. The first-order chi connectivity index (χ1) is 14.7. The molecule has 0 aromatic rings. The van der Waals surface area contributed by atoms with Crippen molar-refractivity contribution in [1.82, 2.24) is 0 Å². The van der Waals surface area contributed by atoms with Gasteiger partial charge in [0.05, 0.1) is 6.10 Å². The molecule has 4 aliphatic carbocycles. The Kier molecular flexibility index (Phi) is 6.31. The molecule has 32 heavy (non-hydrogen) atoms. The molecule has 9 atom stereocenters. The minimum atomic E-state index is -0.0914. The van der Waals surface area contributed by atoms with Crippen molar-refractivity contribution >= 4 is 0 Å². The molecule has 184 valence electrons. The number of aliphatic hydroxyl groups is 1. The lowest BCUT2D eigenvalue weighted by Gasteiger charge is -2.68. The highest BCUT2D eigenvalue weighted by Gasteiger charge is 2.66. The lowest BCUT2D eigenvalue weighted by Crippen LogP contribution is -2.62. The van der Waals surface area contributed by atoms with Crippen molar-refractivity contribution in [1.29, 1.82) is 0 Å². The molecule has 0 saturated heterocycles. The standard InChI is InChI=1S/C31H54O/c1-20(2)11-10-16-28(4,5)22-12-13-23-27(22)24(32)19-26-30(23,8)18-15-25-29(6,7)21(3)14-17-31(25,26)9/h11,21-27,32H,10,12-19H2,1-9H3/t21-,22?,23?,24?,25?,26?,27?,30-,31-/m0/s1. The van der Waals surface area contributed by atoms with Crippen LogP contribution in [0, 0.1) is 57.2 Å². The van der Waals surface area contributed by atoms with E-state index in [-0.39, 0.29) is 6.10 Å². The first-order valence-corrected chi connectivity index (χ1v) is 14.1. The van der Waals surface area contributed by atoms with Crippen LogP contribution >= 0.6 is 0 Å². The van der Waals surface area contributed by atoms with Gasteiger partial charge in [-0.2, -0.15) is 0 Å². The predicted molar refractivity (Wildman–Crippen MR) is 137 cm³/mol. The van der Waals surface area contributed by atoms with E-state index in [1.54, 1.807) is 0 Å². The van der Waals surface area contributed by atoms with Crippen LogP contribution in [0.25, 0.3) is 0 Å². The third kappa shape index (κ3) is 3.67. The molecule has 0 aromatic heterocycles. The maximum atomic E-state index is 11.8. The number of rotatable bonds is 4. The van der Waals surface area contributed by atoms with E-state index in [2.05, 4.69) is 68.4 Å². The van der Waals surface area contributed by atoms with Gasteiger partial charge in [0.25, 0.3) is 0 Å². The van der Waals surface area contributed by atoms with Crippen LogP contribution < -0.4 is 0 Å². The maximum absolute atomic E-state index is 11.8. The van der Waals surface area contributed by atoms with Crippen molar-refractivity contribution in [2.75, 3.05) is 0 Å². The minimum absolute atomic E-state index is 0.0914. The molecular weight excluding hydrogens is 388 g/mol. The monoisotopic (exact) mass is 442 g/mol. The second-order valence-corrected chi connectivity index (χ2v) is 14.9. The zero-order valence-electron chi connectivity index (χ0n) is 22.9. The van der Waals surface area contributed by atoms with Gasteiger partial charge in [-0.05, 0) is 129 Å². The zero-order valence-corrected chi connectivity index (χ0v) is 22.9. The average molecular weight is 443 g/mol. The average Bonchev–Trinajstić information content (AvgIpc) is 3.15. The van der Waals surface area contributed by atoms with Crippen molar-refractivity contribution < 1.29 is 5.11 Å². The predicted octanol–water partition coefficient (Wildman–Crippen LogP) is 8.66. The van der Waals surface area contributed by atoms with Gasteiger partial charge in [0.2, 0.25) is 0 Å². The Morgan fingerprint density at radius 2 is 1.59 bits per heavy atom. The van der Waals surface area contributed by atoms with Crippen LogP contribution in [0.2, 0.25) is 0 Å². The Balaban J connectivity index is 1.61. The van der Waals surface area contributed by atoms with E-state index in [0.717, 1.165) is 24.2 Å². The molecule has 0 aliphatic heterocycles. The van der Waals surface area contributed by atoms with E-state index >= 15 is 0 Å². The molecule has 1 nitrogen and oxygen atoms in total. The van der Waals surface area contributed by atoms with E-state index < -0.39 is 0 Å². The minimum Gasteiger partial charge on any atom is -0.393 e. The molecule has 0 radical (unpaired) electrons. The molecule has 0 amide bonds. The summed E-state index contributed by atoms with van der Waals surface area (Å²) in [5.74, 6) is 4.27. The van der Waals surface area contributed by atoms with Crippen LogP contribution in [0.3, 0.4) is 0 Å². The fourth-order valence-corrected chi connectivity index (χ4v) is 10.3. The second-order valence-electron chi connectivity index (χ2n) is 14.9. The van der Waals surface area contributed by atoms with Gasteiger partial charge in [-0.15, -0.1) is 0 Å². The number of fused-ring (bicyclic) bond motifs is 5. The molecule has 4 aliphatic rings. The molecule has 6 unspecified atom stereocenters. The molecule has 4 rings (SSSR count). The third-order valence-corrected chi connectivity index (χ3v) is 12.5. The fourth-order valence-electron chi connectivity index (χ4n) is 10.3. The first kappa shape index (κ1) is 24.8. The topological polar surface area (TPSA) is 20.2 Å². The van der Waals surface area contributed by atoms with Gasteiger partial charge in [-0.25, -0.2) is 0 Å². The number of aliphatic hydroxyl groups excluding tert-OH is 1. The van der Waals surface area contributed by atoms with Crippen molar-refractivity contribution in [3.05, 3.63) is 11.6 Å². The molecular formula is C31H54O. The van der Waals surface area contributed by atoms with E-state index in [9.17, 15) is 5.11 Å². The van der Waals surface area contributed by atoms with Gasteiger partial charge >= 0.3 is 0 Å². The summed E-state index contributed by atoms with van der Waals surface area (Å²) in [5, 5.41) is 11.8. The van der Waals surface area contributed by atoms with Gasteiger partial charge < -0.3 is 5.11 Å². The SMILES string of the molecule is CC(C)=CCCC(C)(C)C1CCC2C1C(O)CC1[C@@]2(C)CCC2C(C)(C)[C@@H](C)CC[C@@]21C. The number of hydrogen-bond donors (Lipinski definition) is 1. The summed E-state index contributed by atoms with van der Waals surface area (Å²) in [4.78, 5) is 0. The van der Waals surface area contributed by atoms with Crippen LogP contribution in [-0.2, 0) is 0 Å². The van der Waals surface area contributed by atoms with Gasteiger partial charge in [0.1, 0.15) is 0 Å². The summed E-state index contributed by atoms with van der Waals surface area (Å²) in [6.07, 6.45) is 14.1. The Morgan fingerprint density at radius 3 is 2.25 bits per heavy atom. The summed E-state index contributed by atoms with van der Waals surface area (Å²) in [7, 11) is 0. The Hall–Kier alpha value is -0.300. The lowest BCUT2D eigenvalue weighted by molar-refractivity contribution is -0.208. The normalized spacial score (nSPS) is 47.9.